The van der Waals surface area contributed by atoms with Crippen LogP contribution >= 0.6 is 15.9 Å². The predicted octanol–water partition coefficient (Wildman–Crippen LogP) is 2.66. The van der Waals surface area contributed by atoms with Crippen LogP contribution in [-0.4, -0.2) is 31.4 Å². The van der Waals surface area contributed by atoms with Gasteiger partial charge < -0.3 is 10.2 Å². The molecule has 3 nitrogen and oxygen atoms in total. The lowest BCUT2D eigenvalue weighted by Gasteiger charge is -2.14. The number of benzene rings is 1. The Labute approximate surface area is 111 Å². The Balaban J connectivity index is 2.66. The fourth-order valence-electron chi connectivity index (χ4n) is 1.38. The molecular weight excluding hydrogens is 280 g/mol. The molecule has 1 aromatic carbocycles. The molecule has 1 unspecified atom stereocenters. The summed E-state index contributed by atoms with van der Waals surface area (Å²) >= 11 is 3.49. The van der Waals surface area contributed by atoms with Crippen LogP contribution in [0.1, 0.15) is 23.7 Å². The molecule has 94 valence electrons. The molecule has 0 bridgehead atoms. The van der Waals surface area contributed by atoms with E-state index in [-0.39, 0.29) is 5.91 Å². The maximum Gasteiger partial charge on any atom is 0.251 e. The molecule has 0 aliphatic carbocycles. The van der Waals surface area contributed by atoms with E-state index in [0.29, 0.717) is 16.9 Å². The Bertz CT molecular complexity index is 379. The summed E-state index contributed by atoms with van der Waals surface area (Å²) in [6.45, 7) is 2.74. The summed E-state index contributed by atoms with van der Waals surface area (Å²) in [5.74, 6) is -0.0217. The monoisotopic (exact) mass is 298 g/mol. The Hall–Kier alpha value is -1.03. The van der Waals surface area contributed by atoms with Crippen molar-refractivity contribution in [3.63, 3.8) is 0 Å². The SMILES string of the molecule is CCC(Br)CNC(=O)c1cccc(N(C)C)c1. The second-order valence-corrected chi connectivity index (χ2v) is 5.46. The van der Waals surface area contributed by atoms with Crippen LogP contribution in [0.2, 0.25) is 0 Å². The van der Waals surface area contributed by atoms with Crippen LogP contribution in [0.15, 0.2) is 24.3 Å². The standard InChI is InChI=1S/C13H19BrN2O/c1-4-11(14)9-15-13(17)10-6-5-7-12(8-10)16(2)3/h5-8,11H,4,9H2,1-3H3,(H,15,17). The van der Waals surface area contributed by atoms with Gasteiger partial charge in [0.2, 0.25) is 0 Å². The third-order valence-corrected chi connectivity index (χ3v) is 3.52. The first-order chi connectivity index (χ1) is 8.04. The highest BCUT2D eigenvalue weighted by Gasteiger charge is 2.08. The number of hydrogen-bond donors (Lipinski definition) is 1. The summed E-state index contributed by atoms with van der Waals surface area (Å²) in [6.07, 6.45) is 0.998. The van der Waals surface area contributed by atoms with Crippen LogP contribution in [0.3, 0.4) is 0 Å². The van der Waals surface area contributed by atoms with Crippen LogP contribution in [0, 0.1) is 0 Å². The van der Waals surface area contributed by atoms with Gasteiger partial charge in [0.15, 0.2) is 0 Å². The molecule has 0 heterocycles. The topological polar surface area (TPSA) is 32.3 Å². The average Bonchev–Trinajstić information content (AvgIpc) is 2.35. The van der Waals surface area contributed by atoms with Crippen molar-refractivity contribution in [1.29, 1.82) is 0 Å². The van der Waals surface area contributed by atoms with Crippen LogP contribution in [0.25, 0.3) is 0 Å². The second kappa shape index (κ2) is 6.64. The van der Waals surface area contributed by atoms with Gasteiger partial charge in [0.1, 0.15) is 0 Å². The molecule has 0 fully saturated rings. The number of rotatable bonds is 5. The van der Waals surface area contributed by atoms with E-state index in [9.17, 15) is 4.79 Å². The zero-order chi connectivity index (χ0) is 12.8. The molecule has 0 radical (unpaired) electrons. The summed E-state index contributed by atoms with van der Waals surface area (Å²) in [6, 6.07) is 7.60. The first kappa shape index (κ1) is 14.0. The minimum absolute atomic E-state index is 0.0217. The highest BCUT2D eigenvalue weighted by atomic mass is 79.9. The highest BCUT2D eigenvalue weighted by Crippen LogP contribution is 2.13. The number of alkyl halides is 1. The quantitative estimate of drug-likeness (QED) is 0.848. The third-order valence-electron chi connectivity index (χ3n) is 2.55. The van der Waals surface area contributed by atoms with Gasteiger partial charge in [-0.15, -0.1) is 0 Å². The normalized spacial score (nSPS) is 12.0. The molecule has 0 saturated carbocycles. The Kier molecular flexibility index (Phi) is 5.48. The third kappa shape index (κ3) is 4.38. The zero-order valence-electron chi connectivity index (χ0n) is 10.5. The average molecular weight is 299 g/mol. The highest BCUT2D eigenvalue weighted by molar-refractivity contribution is 9.09. The molecule has 4 heteroatoms. The molecule has 1 aromatic rings. The van der Waals surface area contributed by atoms with E-state index in [2.05, 4.69) is 28.2 Å². The van der Waals surface area contributed by atoms with Crippen molar-refractivity contribution < 1.29 is 4.79 Å². The second-order valence-electron chi connectivity index (χ2n) is 4.16. The number of nitrogens with one attached hydrogen (secondary N) is 1. The maximum absolute atomic E-state index is 11.9. The van der Waals surface area contributed by atoms with Gasteiger partial charge in [0, 0.05) is 36.7 Å². The van der Waals surface area contributed by atoms with E-state index < -0.39 is 0 Å². The summed E-state index contributed by atoms with van der Waals surface area (Å²) in [7, 11) is 3.92. The molecule has 1 amide bonds. The van der Waals surface area contributed by atoms with Crippen LogP contribution < -0.4 is 10.2 Å². The summed E-state index contributed by atoms with van der Waals surface area (Å²) in [4.78, 5) is 14.2. The Morgan fingerprint density at radius 3 is 2.76 bits per heavy atom. The molecule has 1 N–H and O–H groups in total. The lowest BCUT2D eigenvalue weighted by atomic mass is 10.2. The fourth-order valence-corrected chi connectivity index (χ4v) is 1.54. The first-order valence-corrected chi connectivity index (χ1v) is 6.65. The van der Waals surface area contributed by atoms with Crippen LogP contribution in [0.4, 0.5) is 5.69 Å². The van der Waals surface area contributed by atoms with E-state index in [0.717, 1.165) is 12.1 Å². The molecule has 17 heavy (non-hydrogen) atoms. The van der Waals surface area contributed by atoms with Crippen molar-refractivity contribution in [3.05, 3.63) is 29.8 Å². The summed E-state index contributed by atoms with van der Waals surface area (Å²) < 4.78 is 0. The van der Waals surface area contributed by atoms with Crippen molar-refractivity contribution in [2.75, 3.05) is 25.5 Å². The van der Waals surface area contributed by atoms with E-state index in [1.807, 2.05) is 43.3 Å². The van der Waals surface area contributed by atoms with Gasteiger partial charge in [-0.3, -0.25) is 4.79 Å². The number of carbonyl (C=O) groups is 1. The predicted molar refractivity (Wildman–Crippen MR) is 76.1 cm³/mol. The number of halogens is 1. The molecule has 0 aromatic heterocycles. The summed E-state index contributed by atoms with van der Waals surface area (Å²) in [5, 5.41) is 2.91. The molecule has 0 saturated heterocycles. The lowest BCUT2D eigenvalue weighted by molar-refractivity contribution is 0.0954. The zero-order valence-corrected chi connectivity index (χ0v) is 12.1. The Morgan fingerprint density at radius 1 is 1.47 bits per heavy atom. The van der Waals surface area contributed by atoms with E-state index in [1.54, 1.807) is 0 Å². The van der Waals surface area contributed by atoms with Gasteiger partial charge in [0.25, 0.3) is 5.91 Å². The van der Waals surface area contributed by atoms with Crippen molar-refractivity contribution in [1.82, 2.24) is 5.32 Å². The molecule has 0 aliphatic rings. The first-order valence-electron chi connectivity index (χ1n) is 5.74. The number of anilines is 1. The van der Waals surface area contributed by atoms with Gasteiger partial charge in [-0.1, -0.05) is 28.9 Å². The van der Waals surface area contributed by atoms with E-state index in [4.69, 9.17) is 0 Å². The molecule has 1 atom stereocenters. The molecular formula is C13H19BrN2O. The minimum Gasteiger partial charge on any atom is -0.378 e. The van der Waals surface area contributed by atoms with Gasteiger partial charge in [0.05, 0.1) is 0 Å². The lowest BCUT2D eigenvalue weighted by Crippen LogP contribution is -2.29. The largest absolute Gasteiger partial charge is 0.378 e. The molecule has 0 spiro atoms. The molecule has 0 aliphatic heterocycles. The Morgan fingerprint density at radius 2 is 2.18 bits per heavy atom. The van der Waals surface area contributed by atoms with Crippen molar-refractivity contribution in [2.24, 2.45) is 0 Å². The van der Waals surface area contributed by atoms with Gasteiger partial charge >= 0.3 is 0 Å². The van der Waals surface area contributed by atoms with Crippen LogP contribution in [0.5, 0.6) is 0 Å². The van der Waals surface area contributed by atoms with E-state index in [1.165, 1.54) is 0 Å². The smallest absolute Gasteiger partial charge is 0.251 e. The summed E-state index contributed by atoms with van der Waals surface area (Å²) in [5.41, 5.74) is 1.73. The van der Waals surface area contributed by atoms with Gasteiger partial charge in [-0.2, -0.15) is 0 Å². The number of carbonyl (C=O) groups excluding carboxylic acids is 1. The van der Waals surface area contributed by atoms with Gasteiger partial charge in [-0.25, -0.2) is 0 Å². The molecule has 1 rings (SSSR count). The van der Waals surface area contributed by atoms with E-state index >= 15 is 0 Å². The van der Waals surface area contributed by atoms with Crippen molar-refractivity contribution >= 4 is 27.5 Å². The number of amides is 1. The van der Waals surface area contributed by atoms with Crippen molar-refractivity contribution in [3.8, 4) is 0 Å². The number of hydrogen-bond acceptors (Lipinski definition) is 2. The maximum atomic E-state index is 11.9. The van der Waals surface area contributed by atoms with Gasteiger partial charge in [-0.05, 0) is 24.6 Å². The number of nitrogens with zero attached hydrogens (tertiary/aromatic N) is 1. The minimum atomic E-state index is -0.0217. The van der Waals surface area contributed by atoms with Crippen molar-refractivity contribution in [2.45, 2.75) is 18.2 Å². The fraction of sp³-hybridized carbons (Fsp3) is 0.462. The van der Waals surface area contributed by atoms with Crippen LogP contribution in [-0.2, 0) is 0 Å².